The Morgan fingerprint density at radius 1 is 1.10 bits per heavy atom. The fourth-order valence-corrected chi connectivity index (χ4v) is 2.77. The van der Waals surface area contributed by atoms with Crippen LogP contribution in [0.25, 0.3) is 0 Å². The van der Waals surface area contributed by atoms with Crippen LogP contribution in [0.4, 0.5) is 17.6 Å². The number of pyridine rings is 1. The van der Waals surface area contributed by atoms with Crippen LogP contribution in [0.1, 0.15) is 22.8 Å². The third kappa shape index (κ3) is 5.06. The molecule has 4 aromatic heterocycles. The molecule has 4 N–H and O–H groups in total. The Bertz CT molecular complexity index is 1150. The molecular weight excluding hydrogens is 372 g/mol. The number of aryl methyl sites for hydroxylation is 3. The highest BCUT2D eigenvalue weighted by atomic mass is 16.5. The van der Waals surface area contributed by atoms with Crippen molar-refractivity contribution in [2.24, 2.45) is 0 Å². The van der Waals surface area contributed by atoms with Gasteiger partial charge >= 0.3 is 0 Å². The molecule has 0 saturated heterocycles. The van der Waals surface area contributed by atoms with Gasteiger partial charge in [0.15, 0.2) is 11.6 Å². The van der Waals surface area contributed by atoms with E-state index >= 15 is 0 Å². The fourth-order valence-electron chi connectivity index (χ4n) is 2.77. The summed E-state index contributed by atoms with van der Waals surface area (Å²) < 4.78 is 5.16. The smallest absolute Gasteiger partial charge is 0.248 e. The average Bonchev–Trinajstić information content (AvgIpc) is 3.34. The molecule has 0 aliphatic heterocycles. The molecule has 0 bridgehead atoms. The summed E-state index contributed by atoms with van der Waals surface area (Å²) >= 11 is 0. The van der Waals surface area contributed by atoms with Crippen molar-refractivity contribution in [3.63, 3.8) is 0 Å². The van der Waals surface area contributed by atoms with Crippen molar-refractivity contribution < 1.29 is 4.52 Å². The molecule has 29 heavy (non-hydrogen) atoms. The Labute approximate surface area is 165 Å². The summed E-state index contributed by atoms with van der Waals surface area (Å²) in [5, 5.41) is 17.3. The second-order valence-corrected chi connectivity index (χ2v) is 6.50. The van der Waals surface area contributed by atoms with Gasteiger partial charge in [0.25, 0.3) is 0 Å². The van der Waals surface area contributed by atoms with Gasteiger partial charge in [0.1, 0.15) is 5.82 Å². The normalized spacial score (nSPS) is 10.8. The molecule has 4 rings (SSSR count). The maximum Gasteiger partial charge on any atom is 0.248 e. The number of aromatic nitrogens is 6. The molecule has 0 fully saturated rings. The minimum Gasteiger partial charge on any atom is -0.359 e. The van der Waals surface area contributed by atoms with E-state index < -0.39 is 0 Å². The van der Waals surface area contributed by atoms with Gasteiger partial charge in [0.2, 0.25) is 11.5 Å². The van der Waals surface area contributed by atoms with Crippen molar-refractivity contribution in [2.45, 2.75) is 26.3 Å². The predicted octanol–water partition coefficient (Wildman–Crippen LogP) is 2.33. The number of hydrogen-bond donors (Lipinski definition) is 4. The van der Waals surface area contributed by atoms with Crippen LogP contribution < -0.4 is 16.2 Å². The first kappa shape index (κ1) is 18.4. The third-order valence-electron chi connectivity index (χ3n) is 4.13. The van der Waals surface area contributed by atoms with Crippen LogP contribution in [0.3, 0.4) is 0 Å². The summed E-state index contributed by atoms with van der Waals surface area (Å²) in [4.78, 5) is 22.8. The van der Waals surface area contributed by atoms with Gasteiger partial charge in [-0.3, -0.25) is 9.89 Å². The van der Waals surface area contributed by atoms with Crippen LogP contribution in [-0.2, 0) is 19.4 Å². The highest BCUT2D eigenvalue weighted by Crippen LogP contribution is 2.15. The predicted molar refractivity (Wildman–Crippen MR) is 107 cm³/mol. The highest BCUT2D eigenvalue weighted by molar-refractivity contribution is 5.53. The van der Waals surface area contributed by atoms with Gasteiger partial charge in [0, 0.05) is 35.8 Å². The summed E-state index contributed by atoms with van der Waals surface area (Å²) in [6.07, 6.45) is 3.09. The molecule has 0 unspecified atom stereocenters. The van der Waals surface area contributed by atoms with Crippen molar-refractivity contribution in [2.75, 3.05) is 10.6 Å². The van der Waals surface area contributed by atoms with E-state index in [4.69, 9.17) is 4.52 Å². The second-order valence-electron chi connectivity index (χ2n) is 6.50. The number of aromatic amines is 2. The molecule has 0 saturated carbocycles. The lowest BCUT2D eigenvalue weighted by molar-refractivity contribution is 0.384. The highest BCUT2D eigenvalue weighted by Gasteiger charge is 2.06. The van der Waals surface area contributed by atoms with Crippen LogP contribution in [0, 0.1) is 6.92 Å². The molecule has 0 radical (unpaired) electrons. The molecular formula is C19H20N8O2. The average molecular weight is 392 g/mol. The number of H-pyrrole nitrogens is 2. The minimum absolute atomic E-state index is 0.0962. The van der Waals surface area contributed by atoms with Crippen molar-refractivity contribution >= 4 is 17.6 Å². The summed E-state index contributed by atoms with van der Waals surface area (Å²) in [5.74, 6) is 2.44. The number of anilines is 3. The Morgan fingerprint density at radius 3 is 2.83 bits per heavy atom. The van der Waals surface area contributed by atoms with Gasteiger partial charge in [-0.05, 0) is 31.9 Å². The van der Waals surface area contributed by atoms with E-state index in [2.05, 4.69) is 40.9 Å². The summed E-state index contributed by atoms with van der Waals surface area (Å²) in [6, 6.07) is 10.7. The lowest BCUT2D eigenvalue weighted by Crippen LogP contribution is -2.07. The van der Waals surface area contributed by atoms with E-state index in [1.807, 2.05) is 25.1 Å². The summed E-state index contributed by atoms with van der Waals surface area (Å²) in [6.45, 7) is 2.31. The maximum absolute atomic E-state index is 11.4. The fraction of sp³-hybridized carbons (Fsp3) is 0.211. The lowest BCUT2D eigenvalue weighted by atomic mass is 10.2. The van der Waals surface area contributed by atoms with Crippen LogP contribution in [0.15, 0.2) is 51.9 Å². The van der Waals surface area contributed by atoms with Gasteiger partial charge < -0.3 is 20.1 Å². The molecule has 4 heterocycles. The van der Waals surface area contributed by atoms with Crippen LogP contribution in [0.2, 0.25) is 0 Å². The van der Waals surface area contributed by atoms with Crippen molar-refractivity contribution in [1.82, 2.24) is 30.3 Å². The summed E-state index contributed by atoms with van der Waals surface area (Å²) in [5.41, 5.74) is 2.56. The Balaban J connectivity index is 1.34. The van der Waals surface area contributed by atoms with E-state index in [-0.39, 0.29) is 5.56 Å². The van der Waals surface area contributed by atoms with E-state index in [0.717, 1.165) is 23.5 Å². The first-order chi connectivity index (χ1) is 14.1. The first-order valence-electron chi connectivity index (χ1n) is 9.13. The molecule has 0 spiro atoms. The van der Waals surface area contributed by atoms with E-state index in [0.29, 0.717) is 36.3 Å². The standard InChI is InChI=1S/C19H20N8O2/c1-12-9-15(29-27-12)11-21-19-20-8-7-16(24-19)23-17-10-14(25-26-17)6-5-13-3-2-4-18(28)22-13/h2-4,7-10H,5-6,11H2,1H3,(H,22,28)(H3,20,21,23,24,25,26). The molecule has 0 amide bonds. The number of nitrogens with one attached hydrogen (secondary N) is 4. The Kier molecular flexibility index (Phi) is 5.32. The van der Waals surface area contributed by atoms with Gasteiger partial charge in [-0.15, -0.1) is 0 Å². The van der Waals surface area contributed by atoms with Crippen LogP contribution >= 0.6 is 0 Å². The minimum atomic E-state index is -0.0962. The zero-order valence-electron chi connectivity index (χ0n) is 15.8. The molecule has 0 aromatic carbocycles. The molecule has 10 nitrogen and oxygen atoms in total. The molecule has 0 atom stereocenters. The SMILES string of the molecule is Cc1cc(CNc2nccc(Nc3cc(CCc4cccc(=O)[nH]4)[nH]n3)n2)on1. The monoisotopic (exact) mass is 392 g/mol. The van der Waals surface area contributed by atoms with Crippen molar-refractivity contribution in [1.29, 1.82) is 0 Å². The zero-order valence-corrected chi connectivity index (χ0v) is 15.8. The molecule has 0 aliphatic carbocycles. The third-order valence-corrected chi connectivity index (χ3v) is 4.13. The van der Waals surface area contributed by atoms with Gasteiger partial charge in [0.05, 0.1) is 12.2 Å². The zero-order chi connectivity index (χ0) is 20.1. The molecule has 148 valence electrons. The largest absolute Gasteiger partial charge is 0.359 e. The number of nitrogens with zero attached hydrogens (tertiary/aromatic N) is 4. The topological polar surface area (TPSA) is 137 Å². The van der Waals surface area contributed by atoms with Gasteiger partial charge in [-0.2, -0.15) is 10.1 Å². The van der Waals surface area contributed by atoms with Crippen LogP contribution in [0.5, 0.6) is 0 Å². The summed E-state index contributed by atoms with van der Waals surface area (Å²) in [7, 11) is 0. The van der Waals surface area contributed by atoms with Crippen molar-refractivity contribution in [3.05, 3.63) is 75.8 Å². The van der Waals surface area contributed by atoms with E-state index in [1.165, 1.54) is 6.07 Å². The quantitative estimate of drug-likeness (QED) is 0.358. The first-order valence-corrected chi connectivity index (χ1v) is 9.13. The Hall–Kier alpha value is -3.95. The van der Waals surface area contributed by atoms with Crippen molar-refractivity contribution in [3.8, 4) is 0 Å². The molecule has 10 heteroatoms. The Morgan fingerprint density at radius 2 is 2.00 bits per heavy atom. The second kappa shape index (κ2) is 8.38. The molecule has 4 aromatic rings. The van der Waals surface area contributed by atoms with Gasteiger partial charge in [-0.25, -0.2) is 4.98 Å². The van der Waals surface area contributed by atoms with Crippen LogP contribution in [-0.4, -0.2) is 30.3 Å². The number of hydrogen-bond acceptors (Lipinski definition) is 8. The lowest BCUT2D eigenvalue weighted by Gasteiger charge is -2.05. The molecule has 0 aliphatic rings. The van der Waals surface area contributed by atoms with E-state index in [1.54, 1.807) is 18.3 Å². The van der Waals surface area contributed by atoms with E-state index in [9.17, 15) is 4.79 Å². The number of rotatable bonds is 8. The maximum atomic E-state index is 11.4. The van der Waals surface area contributed by atoms with Gasteiger partial charge in [-0.1, -0.05) is 11.2 Å².